The van der Waals surface area contributed by atoms with Crippen molar-refractivity contribution in [3.63, 3.8) is 0 Å². The molecule has 3 aromatic carbocycles. The van der Waals surface area contributed by atoms with Crippen LogP contribution in [0.3, 0.4) is 0 Å². The lowest BCUT2D eigenvalue weighted by molar-refractivity contribution is -0.383. The van der Waals surface area contributed by atoms with Crippen molar-refractivity contribution in [2.45, 2.75) is 4.90 Å². The SMILES string of the molecule is O=C(O)c1ccc(NS(=O)(=O)c2cccc(C(=O)Nc3ccccc3[N+](=O)[O-])c2)cc1. The van der Waals surface area contributed by atoms with Gasteiger partial charge in [-0.2, -0.15) is 0 Å². The Morgan fingerprint density at radius 2 is 1.58 bits per heavy atom. The van der Waals surface area contributed by atoms with Gasteiger partial charge in [0.15, 0.2) is 0 Å². The number of rotatable bonds is 7. The Kier molecular flexibility index (Phi) is 5.97. The number of nitrogens with zero attached hydrogens (tertiary/aromatic N) is 1. The van der Waals surface area contributed by atoms with Crippen molar-refractivity contribution in [3.8, 4) is 0 Å². The number of carboxylic acid groups (broad SMARTS) is 1. The number of aromatic carboxylic acids is 1. The topological polar surface area (TPSA) is 156 Å². The van der Waals surface area contributed by atoms with E-state index < -0.39 is 26.8 Å². The molecule has 3 N–H and O–H groups in total. The zero-order valence-electron chi connectivity index (χ0n) is 15.7. The summed E-state index contributed by atoms with van der Waals surface area (Å²) < 4.78 is 27.6. The lowest BCUT2D eigenvalue weighted by atomic mass is 10.2. The summed E-state index contributed by atoms with van der Waals surface area (Å²) in [4.78, 5) is 33.6. The summed E-state index contributed by atoms with van der Waals surface area (Å²) in [5, 5.41) is 22.4. The van der Waals surface area contributed by atoms with E-state index in [1.54, 1.807) is 0 Å². The molecule has 158 valence electrons. The predicted octanol–water partition coefficient (Wildman–Crippen LogP) is 3.35. The Morgan fingerprint density at radius 3 is 2.23 bits per heavy atom. The van der Waals surface area contributed by atoms with Crippen molar-refractivity contribution >= 4 is 39.0 Å². The monoisotopic (exact) mass is 441 g/mol. The van der Waals surface area contributed by atoms with Gasteiger partial charge >= 0.3 is 5.97 Å². The van der Waals surface area contributed by atoms with Gasteiger partial charge < -0.3 is 10.4 Å². The van der Waals surface area contributed by atoms with Gasteiger partial charge in [0.2, 0.25) is 0 Å². The van der Waals surface area contributed by atoms with Gasteiger partial charge in [0.25, 0.3) is 21.6 Å². The number of sulfonamides is 1. The second kappa shape index (κ2) is 8.63. The first kappa shape index (κ1) is 21.5. The fourth-order valence-corrected chi connectivity index (χ4v) is 3.74. The molecule has 0 unspecified atom stereocenters. The van der Waals surface area contributed by atoms with Gasteiger partial charge in [-0.3, -0.25) is 19.6 Å². The van der Waals surface area contributed by atoms with Gasteiger partial charge in [-0.25, -0.2) is 13.2 Å². The summed E-state index contributed by atoms with van der Waals surface area (Å²) in [6, 6.07) is 15.8. The van der Waals surface area contributed by atoms with Crippen LogP contribution in [0.4, 0.5) is 17.1 Å². The van der Waals surface area contributed by atoms with Crippen molar-refractivity contribution in [2.75, 3.05) is 10.0 Å². The Balaban J connectivity index is 1.82. The van der Waals surface area contributed by atoms with E-state index in [0.717, 1.165) is 6.07 Å². The van der Waals surface area contributed by atoms with E-state index in [1.807, 2.05) is 0 Å². The van der Waals surface area contributed by atoms with Crippen LogP contribution in [0.5, 0.6) is 0 Å². The van der Waals surface area contributed by atoms with Crippen LogP contribution in [0.2, 0.25) is 0 Å². The van der Waals surface area contributed by atoms with Crippen LogP contribution < -0.4 is 10.0 Å². The summed E-state index contributed by atoms with van der Waals surface area (Å²) in [6.07, 6.45) is 0. The quantitative estimate of drug-likeness (QED) is 0.375. The first-order valence-electron chi connectivity index (χ1n) is 8.68. The highest BCUT2D eigenvalue weighted by Gasteiger charge is 2.19. The number of para-hydroxylation sites is 2. The van der Waals surface area contributed by atoms with E-state index in [2.05, 4.69) is 10.0 Å². The van der Waals surface area contributed by atoms with E-state index in [0.29, 0.717) is 0 Å². The molecular weight excluding hydrogens is 426 g/mol. The molecule has 3 rings (SSSR count). The molecule has 10 nitrogen and oxygen atoms in total. The normalized spacial score (nSPS) is 10.8. The number of amides is 1. The highest BCUT2D eigenvalue weighted by atomic mass is 32.2. The van der Waals surface area contributed by atoms with Crippen molar-refractivity contribution in [1.82, 2.24) is 0 Å². The molecule has 3 aromatic rings. The molecule has 1 amide bonds. The minimum atomic E-state index is -4.08. The van der Waals surface area contributed by atoms with Crippen molar-refractivity contribution < 1.29 is 28.0 Å². The number of nitro groups is 1. The summed E-state index contributed by atoms with van der Waals surface area (Å²) in [5.74, 6) is -1.87. The Labute approximate surface area is 176 Å². The highest BCUT2D eigenvalue weighted by molar-refractivity contribution is 7.92. The van der Waals surface area contributed by atoms with Crippen LogP contribution in [0.25, 0.3) is 0 Å². The minimum Gasteiger partial charge on any atom is -0.478 e. The van der Waals surface area contributed by atoms with Crippen molar-refractivity contribution in [1.29, 1.82) is 0 Å². The maximum absolute atomic E-state index is 12.6. The second-order valence-electron chi connectivity index (χ2n) is 6.24. The Bertz CT molecular complexity index is 1270. The fraction of sp³-hybridized carbons (Fsp3) is 0. The minimum absolute atomic E-state index is 0.00313. The maximum atomic E-state index is 12.6. The standard InChI is InChI=1S/C20H15N3O7S/c24-19(21-17-6-1-2-7-18(17)23(27)28)14-4-3-5-16(12-14)31(29,30)22-15-10-8-13(9-11-15)20(25)26/h1-12,22H,(H,21,24)(H,25,26). The molecule has 0 aliphatic heterocycles. The molecule has 0 saturated heterocycles. The number of nitrogens with one attached hydrogen (secondary N) is 2. The smallest absolute Gasteiger partial charge is 0.335 e. The molecule has 31 heavy (non-hydrogen) atoms. The molecule has 0 aliphatic rings. The summed E-state index contributed by atoms with van der Waals surface area (Å²) >= 11 is 0. The summed E-state index contributed by atoms with van der Waals surface area (Å²) in [6.45, 7) is 0. The fourth-order valence-electron chi connectivity index (χ4n) is 2.63. The molecule has 0 fully saturated rings. The largest absolute Gasteiger partial charge is 0.478 e. The number of nitro benzene ring substituents is 1. The first-order chi connectivity index (χ1) is 14.7. The number of carboxylic acids is 1. The lowest BCUT2D eigenvalue weighted by Gasteiger charge is -2.10. The molecular formula is C20H15N3O7S. The Morgan fingerprint density at radius 1 is 0.903 bits per heavy atom. The van der Waals surface area contributed by atoms with E-state index >= 15 is 0 Å². The number of hydrogen-bond donors (Lipinski definition) is 3. The van der Waals surface area contributed by atoms with Crippen LogP contribution >= 0.6 is 0 Å². The highest BCUT2D eigenvalue weighted by Crippen LogP contribution is 2.24. The number of carbonyl (C=O) groups is 2. The molecule has 0 aliphatic carbocycles. The number of hydrogen-bond acceptors (Lipinski definition) is 6. The zero-order valence-corrected chi connectivity index (χ0v) is 16.5. The zero-order chi connectivity index (χ0) is 22.6. The Hall–Kier alpha value is -4.25. The van der Waals surface area contributed by atoms with Crippen molar-refractivity contribution in [3.05, 3.63) is 94.0 Å². The molecule has 0 aromatic heterocycles. The molecule has 0 heterocycles. The molecule has 0 radical (unpaired) electrons. The molecule has 0 spiro atoms. The van der Waals surface area contributed by atoms with Gasteiger partial charge in [-0.15, -0.1) is 0 Å². The van der Waals surface area contributed by atoms with Crippen LogP contribution in [-0.4, -0.2) is 30.3 Å². The van der Waals surface area contributed by atoms with E-state index in [-0.39, 0.29) is 33.1 Å². The summed E-state index contributed by atoms with van der Waals surface area (Å²) in [5.41, 5.74) is -0.216. The lowest BCUT2D eigenvalue weighted by Crippen LogP contribution is -2.16. The van der Waals surface area contributed by atoms with E-state index in [4.69, 9.17) is 5.11 Å². The number of carbonyl (C=O) groups excluding carboxylic acids is 1. The van der Waals surface area contributed by atoms with Crippen LogP contribution in [0.15, 0.2) is 77.7 Å². The molecule has 0 bridgehead atoms. The van der Waals surface area contributed by atoms with Crippen LogP contribution in [0.1, 0.15) is 20.7 Å². The number of benzene rings is 3. The van der Waals surface area contributed by atoms with E-state index in [9.17, 15) is 28.1 Å². The second-order valence-corrected chi connectivity index (χ2v) is 7.93. The van der Waals surface area contributed by atoms with Gasteiger partial charge in [0.1, 0.15) is 5.69 Å². The predicted molar refractivity (Wildman–Crippen MR) is 112 cm³/mol. The van der Waals surface area contributed by atoms with Crippen molar-refractivity contribution in [2.24, 2.45) is 0 Å². The molecule has 0 atom stereocenters. The molecule has 0 saturated carbocycles. The summed E-state index contributed by atoms with van der Waals surface area (Å²) in [7, 11) is -4.08. The first-order valence-corrected chi connectivity index (χ1v) is 10.2. The average Bonchev–Trinajstić information content (AvgIpc) is 2.74. The maximum Gasteiger partial charge on any atom is 0.335 e. The third kappa shape index (κ3) is 5.03. The number of anilines is 2. The third-order valence-corrected chi connectivity index (χ3v) is 5.52. The van der Waals surface area contributed by atoms with Gasteiger partial charge in [-0.1, -0.05) is 18.2 Å². The van der Waals surface area contributed by atoms with Gasteiger partial charge in [-0.05, 0) is 48.5 Å². The van der Waals surface area contributed by atoms with Gasteiger partial charge in [0, 0.05) is 17.3 Å². The van der Waals surface area contributed by atoms with E-state index in [1.165, 1.54) is 66.7 Å². The average molecular weight is 441 g/mol. The van der Waals surface area contributed by atoms with Crippen LogP contribution in [-0.2, 0) is 10.0 Å². The third-order valence-electron chi connectivity index (χ3n) is 4.14. The van der Waals surface area contributed by atoms with Crippen LogP contribution in [0, 0.1) is 10.1 Å². The molecule has 11 heteroatoms. The van der Waals surface area contributed by atoms with Gasteiger partial charge in [0.05, 0.1) is 15.4 Å².